The number of benzene rings is 2. The van der Waals surface area contributed by atoms with Gasteiger partial charge in [0, 0.05) is 23.1 Å². The van der Waals surface area contributed by atoms with E-state index in [1.165, 1.54) is 19.2 Å². The van der Waals surface area contributed by atoms with E-state index in [0.717, 1.165) is 6.08 Å². The van der Waals surface area contributed by atoms with Gasteiger partial charge in [-0.25, -0.2) is 4.90 Å². The number of anilines is 1. The number of nitrogens with zero attached hydrogens (tertiary/aromatic N) is 1. The predicted molar refractivity (Wildman–Crippen MR) is 156 cm³/mol. The molecule has 0 bridgehead atoms. The Kier molecular flexibility index (Phi) is 7.66. The minimum Gasteiger partial charge on any atom is -0.503 e. The Labute approximate surface area is 272 Å². The number of hydrogen-bond acceptors (Lipinski definition) is 6. The van der Waals surface area contributed by atoms with Crippen molar-refractivity contribution in [2.24, 2.45) is 17.8 Å². The first-order valence-corrected chi connectivity index (χ1v) is 15.2. The third kappa shape index (κ3) is 5.02. The molecule has 1 heterocycles. The van der Waals surface area contributed by atoms with Gasteiger partial charge in [0.1, 0.15) is 0 Å². The Hall–Kier alpha value is -3.72. The lowest BCUT2D eigenvalue weighted by Gasteiger charge is -2.42. The Morgan fingerprint density at radius 2 is 1.52 bits per heavy atom. The molecule has 3 aliphatic carbocycles. The molecule has 0 aromatic heterocycles. The van der Waals surface area contributed by atoms with Crippen molar-refractivity contribution in [3.8, 4) is 11.5 Å². The molecule has 2 aromatic rings. The molecule has 1 saturated heterocycles. The SMILES string of the molecule is COc1cc([C@H]2C3=CC[C@@H]4C(=O)N(c5cc(C(F)(F)F)cc(C(F)(F)F)c5)C(=O)[C@@H]4[C@@H]3CC3=C2C(=O)C=C(Br)C3=O)cc(Br)c1O. The Morgan fingerprint density at radius 1 is 0.891 bits per heavy atom. The molecule has 2 amide bonds. The van der Waals surface area contributed by atoms with Gasteiger partial charge in [-0.3, -0.25) is 19.2 Å². The molecular weight excluding hydrogens is 756 g/mol. The van der Waals surface area contributed by atoms with Gasteiger partial charge in [-0.05, 0) is 86.5 Å². The molecule has 1 N–H and O–H groups in total. The number of aromatic hydroxyl groups is 1. The van der Waals surface area contributed by atoms with Crippen LogP contribution in [0.1, 0.15) is 35.4 Å². The summed E-state index contributed by atoms with van der Waals surface area (Å²) in [4.78, 5) is 54.8. The molecule has 0 radical (unpaired) electrons. The van der Waals surface area contributed by atoms with Crippen LogP contribution in [0.4, 0.5) is 32.0 Å². The second kappa shape index (κ2) is 10.9. The lowest BCUT2D eigenvalue weighted by Crippen LogP contribution is -2.39. The number of phenols is 1. The predicted octanol–water partition coefficient (Wildman–Crippen LogP) is 7.17. The third-order valence-electron chi connectivity index (χ3n) is 8.77. The summed E-state index contributed by atoms with van der Waals surface area (Å²) in [5.41, 5.74) is -3.24. The first kappa shape index (κ1) is 32.2. The monoisotopic (exact) mass is 773 g/mol. The van der Waals surface area contributed by atoms with Crippen molar-refractivity contribution in [2.75, 3.05) is 12.0 Å². The summed E-state index contributed by atoms with van der Waals surface area (Å²) >= 11 is 6.35. The van der Waals surface area contributed by atoms with E-state index in [4.69, 9.17) is 4.74 Å². The summed E-state index contributed by atoms with van der Waals surface area (Å²) in [6.45, 7) is 0. The van der Waals surface area contributed by atoms with Crippen LogP contribution in [0, 0.1) is 17.8 Å². The first-order valence-electron chi connectivity index (χ1n) is 13.6. The number of imide groups is 1. The second-order valence-electron chi connectivity index (χ2n) is 11.2. The minimum atomic E-state index is -5.21. The van der Waals surface area contributed by atoms with Crippen molar-refractivity contribution in [1.82, 2.24) is 0 Å². The van der Waals surface area contributed by atoms with E-state index in [1.54, 1.807) is 6.08 Å². The number of methoxy groups -OCH3 is 1. The Bertz CT molecular complexity index is 1830. The molecule has 1 fully saturated rings. The van der Waals surface area contributed by atoms with Gasteiger partial charge in [0.25, 0.3) is 0 Å². The molecular formula is C31H19Br2F6NO6. The van der Waals surface area contributed by atoms with Crippen molar-refractivity contribution in [1.29, 1.82) is 0 Å². The molecule has 1 aliphatic heterocycles. The highest BCUT2D eigenvalue weighted by Crippen LogP contribution is 2.57. The normalized spacial score (nSPS) is 24.8. The highest BCUT2D eigenvalue weighted by molar-refractivity contribution is 9.12. The van der Waals surface area contributed by atoms with Crippen LogP contribution in [0.3, 0.4) is 0 Å². The van der Waals surface area contributed by atoms with E-state index < -0.39 is 76.2 Å². The standard InChI is InChI=1S/C31H19Br2F6NO6/c1-46-22-5-11(4-19(32)27(22)43)23-15-2-3-16-24(17(15)9-18-25(23)21(41)10-20(33)26(18)42)29(45)40(28(16)44)14-7-12(30(34,35)36)6-13(8-14)31(37,38)39/h2,4-8,10,16-17,23-24,43H,3,9H2,1H3/t16-,17+,23-,24-/m0/s1. The second-order valence-corrected chi connectivity index (χ2v) is 12.9. The Balaban J connectivity index is 1.50. The van der Waals surface area contributed by atoms with E-state index in [0.29, 0.717) is 28.2 Å². The van der Waals surface area contributed by atoms with Crippen molar-refractivity contribution in [3.63, 3.8) is 0 Å². The van der Waals surface area contributed by atoms with Crippen LogP contribution in [0.5, 0.6) is 11.5 Å². The average molecular weight is 775 g/mol. The fraction of sp³-hybridized carbons (Fsp3) is 0.290. The zero-order chi connectivity index (χ0) is 33.6. The fourth-order valence-electron chi connectivity index (χ4n) is 6.82. The number of phenolic OH excluding ortho intramolecular Hbond substituents is 1. The largest absolute Gasteiger partial charge is 0.503 e. The van der Waals surface area contributed by atoms with Crippen LogP contribution in [-0.4, -0.2) is 35.6 Å². The number of allylic oxidation sites excluding steroid dienone is 6. The highest BCUT2D eigenvalue weighted by Gasteiger charge is 2.57. The van der Waals surface area contributed by atoms with Gasteiger partial charge in [0.15, 0.2) is 23.1 Å². The lowest BCUT2D eigenvalue weighted by molar-refractivity contribution is -0.143. The van der Waals surface area contributed by atoms with Crippen LogP contribution < -0.4 is 9.64 Å². The summed E-state index contributed by atoms with van der Waals surface area (Å²) in [5.74, 6) is -7.57. The molecule has 4 aliphatic rings. The number of ketones is 2. The van der Waals surface area contributed by atoms with Crippen LogP contribution in [0.2, 0.25) is 0 Å². The molecule has 2 aromatic carbocycles. The third-order valence-corrected chi connectivity index (χ3v) is 9.96. The van der Waals surface area contributed by atoms with Gasteiger partial charge < -0.3 is 9.84 Å². The van der Waals surface area contributed by atoms with Gasteiger partial charge in [0.05, 0.1) is 44.7 Å². The van der Waals surface area contributed by atoms with Gasteiger partial charge in [-0.2, -0.15) is 26.3 Å². The molecule has 7 nitrogen and oxygen atoms in total. The van der Waals surface area contributed by atoms with Crippen LogP contribution in [-0.2, 0) is 31.5 Å². The molecule has 4 atom stereocenters. The number of carbonyl (C=O) groups is 4. The summed E-state index contributed by atoms with van der Waals surface area (Å²) in [6.07, 6.45) is -7.98. The minimum absolute atomic E-state index is 0.0255. The number of alkyl halides is 6. The van der Waals surface area contributed by atoms with Crippen molar-refractivity contribution >= 4 is 60.9 Å². The molecule has 15 heteroatoms. The number of rotatable bonds is 3. The molecule has 46 heavy (non-hydrogen) atoms. The maximum absolute atomic E-state index is 14.0. The number of Topliss-reactive ketones (excluding diaryl/α,β-unsaturated/α-hetero) is 1. The van der Waals surface area contributed by atoms with Gasteiger partial charge in [-0.1, -0.05) is 11.6 Å². The average Bonchev–Trinajstić information content (AvgIpc) is 3.24. The van der Waals surface area contributed by atoms with Crippen molar-refractivity contribution in [2.45, 2.75) is 31.1 Å². The number of hydrogen-bond donors (Lipinski definition) is 1. The zero-order valence-electron chi connectivity index (χ0n) is 23.2. The molecule has 0 spiro atoms. The van der Waals surface area contributed by atoms with E-state index in [9.17, 15) is 50.6 Å². The van der Waals surface area contributed by atoms with E-state index >= 15 is 0 Å². The van der Waals surface area contributed by atoms with E-state index in [-0.39, 0.29) is 50.5 Å². The lowest BCUT2D eigenvalue weighted by atomic mass is 9.59. The smallest absolute Gasteiger partial charge is 0.416 e. The van der Waals surface area contributed by atoms with Crippen LogP contribution >= 0.6 is 31.9 Å². The number of carbonyl (C=O) groups excluding carboxylic acids is 4. The molecule has 240 valence electrons. The summed E-state index contributed by atoms with van der Waals surface area (Å²) in [5, 5.41) is 10.4. The van der Waals surface area contributed by atoms with Gasteiger partial charge in [-0.15, -0.1) is 0 Å². The molecule has 0 unspecified atom stereocenters. The molecule has 0 saturated carbocycles. The zero-order valence-corrected chi connectivity index (χ0v) is 26.4. The number of amides is 2. The van der Waals surface area contributed by atoms with E-state index in [2.05, 4.69) is 31.9 Å². The maximum atomic E-state index is 14.0. The molecule has 6 rings (SSSR count). The van der Waals surface area contributed by atoms with Crippen molar-refractivity contribution < 1.29 is 55.4 Å². The topological polar surface area (TPSA) is 101 Å². The number of halogens is 8. The van der Waals surface area contributed by atoms with Crippen LogP contribution in [0.15, 0.2) is 68.2 Å². The quantitative estimate of drug-likeness (QED) is 0.154. The summed E-state index contributed by atoms with van der Waals surface area (Å²) in [6, 6.07) is 3.51. The first-order chi connectivity index (χ1) is 21.4. The van der Waals surface area contributed by atoms with Crippen molar-refractivity contribution in [3.05, 3.63) is 84.8 Å². The summed E-state index contributed by atoms with van der Waals surface area (Å²) in [7, 11) is 1.30. The summed E-state index contributed by atoms with van der Waals surface area (Å²) < 4.78 is 87.3. The van der Waals surface area contributed by atoms with Gasteiger partial charge >= 0.3 is 12.4 Å². The number of ether oxygens (including phenoxy) is 1. The number of fused-ring (bicyclic) bond motifs is 3. The maximum Gasteiger partial charge on any atom is 0.416 e. The highest BCUT2D eigenvalue weighted by atomic mass is 79.9. The van der Waals surface area contributed by atoms with E-state index in [1.807, 2.05) is 0 Å². The van der Waals surface area contributed by atoms with Crippen LogP contribution in [0.25, 0.3) is 0 Å². The fourth-order valence-corrected chi connectivity index (χ4v) is 7.73. The van der Waals surface area contributed by atoms with Gasteiger partial charge in [0.2, 0.25) is 11.8 Å². The Morgan fingerprint density at radius 3 is 2.11 bits per heavy atom.